The number of benzene rings is 1. The maximum Gasteiger partial charge on any atom is 0.360 e. The molecule has 3 rings (SSSR count). The lowest BCUT2D eigenvalue weighted by Crippen LogP contribution is -2.32. The van der Waals surface area contributed by atoms with Crippen LogP contribution >= 0.6 is 0 Å². The highest BCUT2D eigenvalue weighted by Gasteiger charge is 2.31. The van der Waals surface area contributed by atoms with Crippen LogP contribution < -0.4 is 0 Å². The molecular formula is C19H22FN3O4. The third kappa shape index (κ3) is 4.69. The van der Waals surface area contributed by atoms with Crippen molar-refractivity contribution >= 4 is 11.9 Å². The predicted octanol–water partition coefficient (Wildman–Crippen LogP) is 2.86. The third-order valence-electron chi connectivity index (χ3n) is 4.75. The number of halogens is 1. The van der Waals surface area contributed by atoms with E-state index in [1.54, 1.807) is 22.9 Å². The van der Waals surface area contributed by atoms with Crippen LogP contribution in [0.15, 0.2) is 30.5 Å². The Labute approximate surface area is 156 Å². The normalized spacial score (nSPS) is 19.5. The van der Waals surface area contributed by atoms with Gasteiger partial charge in [-0.1, -0.05) is 29.8 Å². The molecular weight excluding hydrogens is 353 g/mol. The Morgan fingerprint density at radius 3 is 2.81 bits per heavy atom. The summed E-state index contributed by atoms with van der Waals surface area (Å²) in [5.74, 6) is -1.25. The molecule has 0 bridgehead atoms. The molecule has 0 radical (unpaired) electrons. The zero-order valence-electron chi connectivity index (χ0n) is 15.1. The maximum absolute atomic E-state index is 13.7. The molecule has 8 heteroatoms. The Balaban J connectivity index is 1.61. The quantitative estimate of drug-likeness (QED) is 0.722. The smallest absolute Gasteiger partial charge is 0.360 e. The number of carbonyl (C=O) groups is 2. The lowest BCUT2D eigenvalue weighted by atomic mass is 9.92. The van der Waals surface area contributed by atoms with Crippen LogP contribution in [0.3, 0.4) is 0 Å². The fraction of sp³-hybridized carbons (Fsp3) is 0.474. The van der Waals surface area contributed by atoms with E-state index < -0.39 is 5.97 Å². The molecule has 0 amide bonds. The van der Waals surface area contributed by atoms with Gasteiger partial charge in [0.1, 0.15) is 11.9 Å². The van der Waals surface area contributed by atoms with Crippen molar-refractivity contribution in [2.45, 2.75) is 50.7 Å². The average molecular weight is 375 g/mol. The molecule has 1 aliphatic carbocycles. The topological polar surface area (TPSA) is 83.3 Å². The summed E-state index contributed by atoms with van der Waals surface area (Å²) in [5.41, 5.74) is 0.612. The van der Waals surface area contributed by atoms with Gasteiger partial charge in [-0.2, -0.15) is 0 Å². The predicted molar refractivity (Wildman–Crippen MR) is 93.5 cm³/mol. The van der Waals surface area contributed by atoms with Crippen molar-refractivity contribution in [2.24, 2.45) is 0 Å². The van der Waals surface area contributed by atoms with E-state index in [-0.39, 0.29) is 36.0 Å². The van der Waals surface area contributed by atoms with Crippen LogP contribution in [0.1, 0.15) is 54.2 Å². The number of methoxy groups -OCH3 is 1. The molecule has 2 aromatic rings. The second kappa shape index (κ2) is 8.75. The Morgan fingerprint density at radius 2 is 2.04 bits per heavy atom. The summed E-state index contributed by atoms with van der Waals surface area (Å²) >= 11 is 0. The van der Waals surface area contributed by atoms with Gasteiger partial charge in [0, 0.05) is 6.42 Å². The van der Waals surface area contributed by atoms with Crippen molar-refractivity contribution < 1.29 is 23.5 Å². The summed E-state index contributed by atoms with van der Waals surface area (Å²) in [5, 5.41) is 7.81. The van der Waals surface area contributed by atoms with Crippen molar-refractivity contribution in [1.29, 1.82) is 0 Å². The summed E-state index contributed by atoms with van der Waals surface area (Å²) in [6.07, 6.45) is 4.97. The van der Waals surface area contributed by atoms with E-state index in [0.29, 0.717) is 18.4 Å². The highest BCUT2D eigenvalue weighted by atomic mass is 19.1. The van der Waals surface area contributed by atoms with E-state index in [1.165, 1.54) is 19.4 Å². The second-order valence-corrected chi connectivity index (χ2v) is 6.55. The van der Waals surface area contributed by atoms with Crippen molar-refractivity contribution in [2.75, 3.05) is 7.11 Å². The van der Waals surface area contributed by atoms with E-state index in [1.807, 2.05) is 0 Å². The van der Waals surface area contributed by atoms with Crippen molar-refractivity contribution in [1.82, 2.24) is 15.0 Å². The van der Waals surface area contributed by atoms with Crippen LogP contribution in [0.5, 0.6) is 0 Å². The number of carbonyl (C=O) groups excluding carboxylic acids is 2. The van der Waals surface area contributed by atoms with Gasteiger partial charge in [-0.15, -0.1) is 5.10 Å². The van der Waals surface area contributed by atoms with Crippen LogP contribution in [0.4, 0.5) is 4.39 Å². The summed E-state index contributed by atoms with van der Waals surface area (Å²) in [4.78, 5) is 23.8. The Bertz CT molecular complexity index is 808. The van der Waals surface area contributed by atoms with E-state index in [2.05, 4.69) is 15.0 Å². The van der Waals surface area contributed by atoms with Crippen LogP contribution in [-0.2, 0) is 20.7 Å². The fourth-order valence-electron chi connectivity index (χ4n) is 3.32. The molecule has 0 saturated heterocycles. The lowest BCUT2D eigenvalue weighted by molar-refractivity contribution is -0.153. The van der Waals surface area contributed by atoms with Gasteiger partial charge in [0.15, 0.2) is 5.69 Å². The first-order valence-electron chi connectivity index (χ1n) is 9.01. The van der Waals surface area contributed by atoms with Gasteiger partial charge in [-0.25, -0.2) is 13.9 Å². The molecule has 2 atom stereocenters. The molecule has 1 aromatic heterocycles. The van der Waals surface area contributed by atoms with E-state index >= 15 is 0 Å². The molecule has 1 aromatic carbocycles. The molecule has 7 nitrogen and oxygen atoms in total. The summed E-state index contributed by atoms with van der Waals surface area (Å²) in [7, 11) is 1.28. The monoisotopic (exact) mass is 375 g/mol. The molecule has 0 spiro atoms. The van der Waals surface area contributed by atoms with Crippen LogP contribution in [0, 0.1) is 5.82 Å². The van der Waals surface area contributed by atoms with Gasteiger partial charge < -0.3 is 9.47 Å². The van der Waals surface area contributed by atoms with Crippen LogP contribution in [-0.4, -0.2) is 40.1 Å². The number of ether oxygens (including phenoxy) is 2. The van der Waals surface area contributed by atoms with Gasteiger partial charge in [-0.05, 0) is 37.3 Å². The molecule has 2 unspecified atom stereocenters. The summed E-state index contributed by atoms with van der Waals surface area (Å²) in [6.45, 7) is 0. The minimum absolute atomic E-state index is 0.106. The maximum atomic E-state index is 13.7. The number of rotatable bonds is 6. The molecule has 1 heterocycles. The molecule has 27 heavy (non-hydrogen) atoms. The van der Waals surface area contributed by atoms with E-state index in [4.69, 9.17) is 4.74 Å². The Hall–Kier alpha value is -2.77. The zero-order chi connectivity index (χ0) is 19.2. The number of nitrogens with zero attached hydrogens (tertiary/aromatic N) is 3. The van der Waals surface area contributed by atoms with Gasteiger partial charge in [0.2, 0.25) is 0 Å². The first kappa shape index (κ1) is 19.0. The van der Waals surface area contributed by atoms with Crippen molar-refractivity contribution in [3.05, 3.63) is 47.5 Å². The van der Waals surface area contributed by atoms with Crippen molar-refractivity contribution in [3.8, 4) is 0 Å². The van der Waals surface area contributed by atoms with E-state index in [0.717, 1.165) is 19.3 Å². The Kier molecular flexibility index (Phi) is 6.16. The molecule has 1 aliphatic rings. The number of hydrogen-bond donors (Lipinski definition) is 0. The van der Waals surface area contributed by atoms with Gasteiger partial charge >= 0.3 is 11.9 Å². The van der Waals surface area contributed by atoms with Crippen LogP contribution in [0.25, 0.3) is 0 Å². The Morgan fingerprint density at radius 1 is 1.26 bits per heavy atom. The highest BCUT2D eigenvalue weighted by molar-refractivity contribution is 5.86. The summed E-state index contributed by atoms with van der Waals surface area (Å²) in [6, 6.07) is 6.22. The average Bonchev–Trinajstić information content (AvgIpc) is 3.17. The molecule has 0 aliphatic heterocycles. The first-order valence-corrected chi connectivity index (χ1v) is 9.01. The minimum atomic E-state index is -0.560. The van der Waals surface area contributed by atoms with Crippen LogP contribution in [0.2, 0.25) is 0 Å². The molecule has 0 N–H and O–H groups in total. The van der Waals surface area contributed by atoms with E-state index in [9.17, 15) is 14.0 Å². The molecule has 1 fully saturated rings. The number of aryl methyl sites for hydroxylation is 1. The number of esters is 2. The van der Waals surface area contributed by atoms with Gasteiger partial charge in [0.05, 0.1) is 19.3 Å². The fourth-order valence-corrected chi connectivity index (χ4v) is 3.32. The largest absolute Gasteiger partial charge is 0.464 e. The second-order valence-electron chi connectivity index (χ2n) is 6.55. The highest BCUT2D eigenvalue weighted by Crippen LogP contribution is 2.31. The standard InChI is InChI=1S/C19H22FN3O4/c1-26-19(25)15-12-23(22-21-15)16-8-4-5-9-17(16)27-18(24)11-10-13-6-2-3-7-14(13)20/h2-3,6-7,12,16-17H,4-5,8-11H2,1H3. The first-order chi connectivity index (χ1) is 13.1. The molecule has 1 saturated carbocycles. The van der Waals surface area contributed by atoms with Crippen molar-refractivity contribution in [3.63, 3.8) is 0 Å². The number of hydrogen-bond acceptors (Lipinski definition) is 6. The SMILES string of the molecule is COC(=O)c1cn(C2CCCCC2OC(=O)CCc2ccccc2F)nn1. The molecule has 144 valence electrons. The third-order valence-corrected chi connectivity index (χ3v) is 4.75. The zero-order valence-corrected chi connectivity index (χ0v) is 15.1. The van der Waals surface area contributed by atoms with Gasteiger partial charge in [0.25, 0.3) is 0 Å². The van der Waals surface area contributed by atoms with Gasteiger partial charge in [-0.3, -0.25) is 4.79 Å². The minimum Gasteiger partial charge on any atom is -0.464 e. The summed E-state index contributed by atoms with van der Waals surface area (Å²) < 4.78 is 25.5. The lowest BCUT2D eigenvalue weighted by Gasteiger charge is -2.30. The number of aromatic nitrogens is 3.